The zero-order chi connectivity index (χ0) is 11.8. The van der Waals surface area contributed by atoms with Crippen molar-refractivity contribution in [2.75, 3.05) is 19.8 Å². The average molecular weight is 224 g/mol. The minimum absolute atomic E-state index is 0.0577. The van der Waals surface area contributed by atoms with E-state index in [4.69, 9.17) is 10.00 Å². The number of piperidine rings is 1. The van der Waals surface area contributed by atoms with Crippen molar-refractivity contribution >= 4 is 5.91 Å². The van der Waals surface area contributed by atoms with Gasteiger partial charge < -0.3 is 9.64 Å². The van der Waals surface area contributed by atoms with Gasteiger partial charge >= 0.3 is 0 Å². The zero-order valence-corrected chi connectivity index (χ0v) is 9.95. The Morgan fingerprint density at radius 2 is 2.31 bits per heavy atom. The van der Waals surface area contributed by atoms with Crippen molar-refractivity contribution < 1.29 is 9.53 Å². The van der Waals surface area contributed by atoms with E-state index in [2.05, 4.69) is 6.07 Å². The number of hydrogen-bond acceptors (Lipinski definition) is 3. The Balaban J connectivity index is 2.31. The van der Waals surface area contributed by atoms with E-state index >= 15 is 0 Å². The summed E-state index contributed by atoms with van der Waals surface area (Å²) in [5, 5.41) is 8.94. The summed E-state index contributed by atoms with van der Waals surface area (Å²) in [7, 11) is 0. The lowest BCUT2D eigenvalue weighted by Gasteiger charge is -2.31. The van der Waals surface area contributed by atoms with E-state index < -0.39 is 0 Å². The van der Waals surface area contributed by atoms with Crippen molar-refractivity contribution in [3.05, 3.63) is 0 Å². The Labute approximate surface area is 97.2 Å². The van der Waals surface area contributed by atoms with Gasteiger partial charge in [-0.25, -0.2) is 0 Å². The Hall–Kier alpha value is -1.08. The molecule has 0 saturated carbocycles. The smallest absolute Gasteiger partial charge is 0.225 e. The van der Waals surface area contributed by atoms with Crippen LogP contribution in [0.3, 0.4) is 0 Å². The van der Waals surface area contributed by atoms with Gasteiger partial charge in [-0.05, 0) is 25.7 Å². The van der Waals surface area contributed by atoms with Crippen LogP contribution < -0.4 is 0 Å². The van der Waals surface area contributed by atoms with E-state index in [1.54, 1.807) is 4.90 Å². The molecule has 1 unspecified atom stereocenters. The molecule has 0 spiro atoms. The number of ether oxygens (including phenoxy) is 1. The summed E-state index contributed by atoms with van der Waals surface area (Å²) >= 11 is 0. The van der Waals surface area contributed by atoms with Crippen LogP contribution in [0.2, 0.25) is 0 Å². The summed E-state index contributed by atoms with van der Waals surface area (Å²) in [6, 6.07) is 1.99. The Morgan fingerprint density at radius 1 is 1.50 bits per heavy atom. The third-order valence-electron chi connectivity index (χ3n) is 2.78. The van der Waals surface area contributed by atoms with Crippen LogP contribution in [0.5, 0.6) is 0 Å². The first-order valence-corrected chi connectivity index (χ1v) is 6.06. The second-order valence-corrected chi connectivity index (χ2v) is 4.09. The van der Waals surface area contributed by atoms with Gasteiger partial charge in [0, 0.05) is 13.2 Å². The molecular weight excluding hydrogens is 204 g/mol. The van der Waals surface area contributed by atoms with Crippen LogP contribution in [-0.4, -0.2) is 36.6 Å². The van der Waals surface area contributed by atoms with Gasteiger partial charge in [-0.15, -0.1) is 0 Å². The fraction of sp³-hybridized carbons (Fsp3) is 0.833. The van der Waals surface area contributed by atoms with Crippen LogP contribution in [0.25, 0.3) is 0 Å². The molecule has 1 amide bonds. The first-order chi connectivity index (χ1) is 7.79. The second-order valence-electron chi connectivity index (χ2n) is 4.09. The normalized spacial score (nSPS) is 20.5. The largest absolute Gasteiger partial charge is 0.381 e. The quantitative estimate of drug-likeness (QED) is 0.668. The number of carbonyl (C=O) groups is 1. The van der Waals surface area contributed by atoms with E-state index in [0.717, 1.165) is 32.2 Å². The monoisotopic (exact) mass is 224 g/mol. The molecule has 1 fully saturated rings. The maximum absolute atomic E-state index is 11.8. The van der Waals surface area contributed by atoms with Crippen LogP contribution in [0.15, 0.2) is 0 Å². The van der Waals surface area contributed by atoms with Gasteiger partial charge in [0.2, 0.25) is 5.91 Å². The fourth-order valence-corrected chi connectivity index (χ4v) is 1.91. The topological polar surface area (TPSA) is 53.3 Å². The average Bonchev–Trinajstić information content (AvgIpc) is 2.34. The molecule has 90 valence electrons. The number of likely N-dealkylation sites (tertiary alicyclic amines) is 1. The summed E-state index contributed by atoms with van der Waals surface area (Å²) in [6.07, 6.45) is 4.25. The molecule has 4 nitrogen and oxygen atoms in total. The molecule has 0 aromatic carbocycles. The van der Waals surface area contributed by atoms with Crippen LogP contribution in [0, 0.1) is 11.3 Å². The Bertz CT molecular complexity index is 260. The van der Waals surface area contributed by atoms with Gasteiger partial charge in [0.05, 0.1) is 19.1 Å². The number of rotatable bonds is 5. The molecule has 0 aliphatic carbocycles. The van der Waals surface area contributed by atoms with E-state index in [1.165, 1.54) is 0 Å². The summed E-state index contributed by atoms with van der Waals surface area (Å²) in [6.45, 7) is 3.94. The predicted molar refractivity (Wildman–Crippen MR) is 60.7 cm³/mol. The highest BCUT2D eigenvalue weighted by Gasteiger charge is 2.25. The van der Waals surface area contributed by atoms with Crippen LogP contribution in [0.4, 0.5) is 0 Å². The van der Waals surface area contributed by atoms with Crippen molar-refractivity contribution in [1.82, 2.24) is 4.90 Å². The van der Waals surface area contributed by atoms with Crippen molar-refractivity contribution in [2.45, 2.75) is 45.1 Å². The molecule has 0 aromatic heterocycles. The summed E-state index contributed by atoms with van der Waals surface area (Å²) in [5.41, 5.74) is 0. The highest BCUT2D eigenvalue weighted by molar-refractivity contribution is 5.77. The Morgan fingerprint density at radius 3 is 3.00 bits per heavy atom. The van der Waals surface area contributed by atoms with Crippen molar-refractivity contribution in [2.24, 2.45) is 0 Å². The number of carbonyl (C=O) groups excluding carboxylic acids is 1. The molecule has 0 aromatic rings. The number of amides is 1. The molecule has 1 rings (SSSR count). The van der Waals surface area contributed by atoms with Crippen molar-refractivity contribution in [3.8, 4) is 6.07 Å². The molecule has 16 heavy (non-hydrogen) atoms. The minimum Gasteiger partial charge on any atom is -0.381 e. The Kier molecular flexibility index (Phi) is 5.87. The first kappa shape index (κ1) is 13.0. The van der Waals surface area contributed by atoms with Gasteiger partial charge in [-0.2, -0.15) is 5.26 Å². The molecule has 1 atom stereocenters. The van der Waals surface area contributed by atoms with E-state index in [0.29, 0.717) is 19.6 Å². The standard InChI is InChI=1S/C12H20N2O2/c1-2-8-16-9-6-12(15)14-7-4-3-5-11(14)10-13/h11H,2-9H2,1H3. The van der Waals surface area contributed by atoms with Gasteiger partial charge in [0.15, 0.2) is 0 Å². The first-order valence-electron chi connectivity index (χ1n) is 6.06. The second kappa shape index (κ2) is 7.24. The number of nitriles is 1. The maximum atomic E-state index is 11.8. The molecule has 0 bridgehead atoms. The summed E-state index contributed by atoms with van der Waals surface area (Å²) in [4.78, 5) is 13.5. The highest BCUT2D eigenvalue weighted by Crippen LogP contribution is 2.17. The van der Waals surface area contributed by atoms with Crippen molar-refractivity contribution in [1.29, 1.82) is 5.26 Å². The molecule has 0 radical (unpaired) electrons. The maximum Gasteiger partial charge on any atom is 0.225 e. The summed E-state index contributed by atoms with van der Waals surface area (Å²) < 4.78 is 5.28. The lowest BCUT2D eigenvalue weighted by Crippen LogP contribution is -2.43. The fourth-order valence-electron chi connectivity index (χ4n) is 1.91. The van der Waals surface area contributed by atoms with Crippen LogP contribution in [0.1, 0.15) is 39.0 Å². The molecule has 1 saturated heterocycles. The van der Waals surface area contributed by atoms with E-state index in [1.807, 2.05) is 6.92 Å². The molecule has 1 aliphatic rings. The molecule has 4 heteroatoms. The molecule has 1 heterocycles. The summed E-state index contributed by atoms with van der Waals surface area (Å²) in [5.74, 6) is 0.0577. The lowest BCUT2D eigenvalue weighted by atomic mass is 10.0. The SMILES string of the molecule is CCCOCCC(=O)N1CCCCC1C#N. The highest BCUT2D eigenvalue weighted by atomic mass is 16.5. The number of nitrogens with zero attached hydrogens (tertiary/aromatic N) is 2. The molecular formula is C12H20N2O2. The van der Waals surface area contributed by atoms with Gasteiger partial charge in [-0.1, -0.05) is 6.92 Å². The van der Waals surface area contributed by atoms with Crippen LogP contribution in [-0.2, 0) is 9.53 Å². The van der Waals surface area contributed by atoms with Gasteiger partial charge in [0.1, 0.15) is 6.04 Å². The van der Waals surface area contributed by atoms with Crippen LogP contribution >= 0.6 is 0 Å². The van der Waals surface area contributed by atoms with Gasteiger partial charge in [-0.3, -0.25) is 4.79 Å². The molecule has 1 aliphatic heterocycles. The lowest BCUT2D eigenvalue weighted by molar-refractivity contribution is -0.134. The third kappa shape index (κ3) is 3.82. The van der Waals surface area contributed by atoms with E-state index in [9.17, 15) is 4.79 Å². The van der Waals surface area contributed by atoms with Gasteiger partial charge in [0.25, 0.3) is 0 Å². The zero-order valence-electron chi connectivity index (χ0n) is 9.95. The molecule has 0 N–H and O–H groups in total. The third-order valence-corrected chi connectivity index (χ3v) is 2.78. The number of hydrogen-bond donors (Lipinski definition) is 0. The van der Waals surface area contributed by atoms with E-state index in [-0.39, 0.29) is 11.9 Å². The van der Waals surface area contributed by atoms with Crippen molar-refractivity contribution in [3.63, 3.8) is 0 Å². The minimum atomic E-state index is -0.215. The predicted octanol–water partition coefficient (Wildman–Crippen LogP) is 1.71.